The second kappa shape index (κ2) is 7.94. The summed E-state index contributed by atoms with van der Waals surface area (Å²) >= 11 is 0. The number of carbonyl (C=O) groups is 1. The summed E-state index contributed by atoms with van der Waals surface area (Å²) < 4.78 is 26.7. The second-order valence-corrected chi connectivity index (χ2v) is 5.21. The Morgan fingerprint density at radius 2 is 1.72 bits per heavy atom. The fourth-order valence-electron chi connectivity index (χ4n) is 2.25. The first kappa shape index (κ1) is 18.7. The van der Waals surface area contributed by atoms with Gasteiger partial charge in [-0.15, -0.1) is 17.0 Å². The summed E-state index contributed by atoms with van der Waals surface area (Å²) in [5, 5.41) is 2.64. The van der Waals surface area contributed by atoms with Crippen LogP contribution in [0.15, 0.2) is 54.7 Å². The third-order valence-corrected chi connectivity index (χ3v) is 3.32. The van der Waals surface area contributed by atoms with Crippen molar-refractivity contribution in [3.63, 3.8) is 0 Å². The molecule has 3 aromatic rings. The largest absolute Gasteiger partial charge is 0.305 e. The molecule has 0 atom stereocenters. The molecule has 2 heterocycles. The molecule has 0 saturated heterocycles. The second-order valence-electron chi connectivity index (χ2n) is 5.21. The number of aryl methyl sites for hydroxylation is 1. The zero-order chi connectivity index (χ0) is 17.1. The molecule has 0 fully saturated rings. The Hall–Kier alpha value is -2.67. The van der Waals surface area contributed by atoms with Crippen molar-refractivity contribution < 1.29 is 13.6 Å². The van der Waals surface area contributed by atoms with Gasteiger partial charge in [-0.3, -0.25) is 9.78 Å². The van der Waals surface area contributed by atoms with E-state index in [0.29, 0.717) is 16.9 Å². The topological polar surface area (TPSA) is 54.9 Å². The molecule has 0 unspecified atom stereocenters. The molecular weight excluding hydrogens is 392 g/mol. The predicted molar refractivity (Wildman–Crippen MR) is 96.8 cm³/mol. The Balaban J connectivity index is 0.00000225. The fraction of sp³-hybridized carbons (Fsp3) is 0.0556. The maximum atomic E-state index is 13.4. The quantitative estimate of drug-likeness (QED) is 0.694. The predicted octanol–water partition coefficient (Wildman–Crippen LogP) is 4.56. The molecule has 2 aromatic heterocycles. The van der Waals surface area contributed by atoms with Crippen LogP contribution in [-0.2, 0) is 0 Å². The van der Waals surface area contributed by atoms with E-state index in [0.717, 1.165) is 11.8 Å². The van der Waals surface area contributed by atoms with Crippen molar-refractivity contribution in [2.75, 3.05) is 5.32 Å². The van der Waals surface area contributed by atoms with Crippen LogP contribution < -0.4 is 5.32 Å². The number of halogens is 3. The smallest absolute Gasteiger partial charge is 0.275 e. The van der Waals surface area contributed by atoms with Gasteiger partial charge in [-0.25, -0.2) is 13.8 Å². The lowest BCUT2D eigenvalue weighted by Crippen LogP contribution is -2.14. The summed E-state index contributed by atoms with van der Waals surface area (Å²) in [5.41, 5.74) is 1.72. The van der Waals surface area contributed by atoms with Gasteiger partial charge >= 0.3 is 0 Å². The van der Waals surface area contributed by atoms with Crippen molar-refractivity contribution in [2.24, 2.45) is 0 Å². The Morgan fingerprint density at radius 1 is 1.00 bits per heavy atom. The number of aromatic nitrogens is 2. The van der Waals surface area contributed by atoms with E-state index in [-0.39, 0.29) is 22.7 Å². The maximum absolute atomic E-state index is 13.4. The molecule has 0 aliphatic carbocycles. The van der Waals surface area contributed by atoms with Gasteiger partial charge in [-0.2, -0.15) is 0 Å². The summed E-state index contributed by atoms with van der Waals surface area (Å²) in [6.07, 6.45) is 1.41. The van der Waals surface area contributed by atoms with Gasteiger partial charge in [0.15, 0.2) is 0 Å². The number of benzene rings is 1. The van der Waals surface area contributed by atoms with Crippen molar-refractivity contribution in [1.82, 2.24) is 9.97 Å². The number of rotatable bonds is 3. The molecule has 128 valence electrons. The normalized spacial score (nSPS) is 10.0. The number of hydrogen-bond acceptors (Lipinski definition) is 3. The van der Waals surface area contributed by atoms with Crippen molar-refractivity contribution in [3.05, 3.63) is 77.8 Å². The molecule has 0 aliphatic heterocycles. The van der Waals surface area contributed by atoms with Gasteiger partial charge in [-0.05, 0) is 54.4 Å². The van der Waals surface area contributed by atoms with Crippen LogP contribution in [0.5, 0.6) is 0 Å². The van der Waals surface area contributed by atoms with Gasteiger partial charge in [0.25, 0.3) is 5.91 Å². The molecule has 0 spiro atoms. The SMILES string of the molecule is Br.Cc1cccc(NC(=O)c2cc(-c3cc(F)cc(F)c3)ccn2)n1. The number of hydrogen-bond donors (Lipinski definition) is 1. The first-order chi connectivity index (χ1) is 11.5. The van der Waals surface area contributed by atoms with E-state index in [1.54, 1.807) is 18.2 Å². The minimum absolute atomic E-state index is 0. The summed E-state index contributed by atoms with van der Waals surface area (Å²) in [5.74, 6) is -1.41. The Bertz CT molecular complexity index is 898. The van der Waals surface area contributed by atoms with Crippen molar-refractivity contribution in [2.45, 2.75) is 6.92 Å². The van der Waals surface area contributed by atoms with E-state index in [2.05, 4.69) is 15.3 Å². The maximum Gasteiger partial charge on any atom is 0.275 e. The number of amides is 1. The number of nitrogens with zero attached hydrogens (tertiary/aromatic N) is 2. The average Bonchev–Trinajstić information content (AvgIpc) is 2.54. The number of nitrogens with one attached hydrogen (secondary N) is 1. The van der Waals surface area contributed by atoms with Crippen molar-refractivity contribution in [1.29, 1.82) is 0 Å². The van der Waals surface area contributed by atoms with Crippen LogP contribution in [0.4, 0.5) is 14.6 Å². The summed E-state index contributed by atoms with van der Waals surface area (Å²) in [4.78, 5) is 20.5. The zero-order valence-corrected chi connectivity index (χ0v) is 14.9. The van der Waals surface area contributed by atoms with E-state index >= 15 is 0 Å². The minimum atomic E-state index is -0.684. The van der Waals surface area contributed by atoms with Gasteiger partial charge in [0, 0.05) is 18.0 Å². The Kier molecular flexibility index (Phi) is 5.93. The van der Waals surface area contributed by atoms with Crippen LogP contribution in [-0.4, -0.2) is 15.9 Å². The highest BCUT2D eigenvalue weighted by molar-refractivity contribution is 8.93. The lowest BCUT2D eigenvalue weighted by Gasteiger charge is -2.07. The molecule has 0 saturated carbocycles. The Morgan fingerprint density at radius 3 is 2.40 bits per heavy atom. The van der Waals surface area contributed by atoms with Crippen LogP contribution in [0.25, 0.3) is 11.1 Å². The molecule has 1 aromatic carbocycles. The molecule has 0 bridgehead atoms. The van der Waals surface area contributed by atoms with E-state index in [1.165, 1.54) is 24.4 Å². The van der Waals surface area contributed by atoms with Crippen LogP contribution in [0.2, 0.25) is 0 Å². The molecule has 4 nitrogen and oxygen atoms in total. The molecule has 25 heavy (non-hydrogen) atoms. The van der Waals surface area contributed by atoms with E-state index in [4.69, 9.17) is 0 Å². The molecule has 1 amide bonds. The molecule has 0 aliphatic rings. The highest BCUT2D eigenvalue weighted by Crippen LogP contribution is 2.22. The molecule has 0 radical (unpaired) electrons. The van der Waals surface area contributed by atoms with Gasteiger partial charge < -0.3 is 5.32 Å². The average molecular weight is 406 g/mol. The molecule has 7 heteroatoms. The van der Waals surface area contributed by atoms with Gasteiger partial charge in [0.05, 0.1) is 0 Å². The van der Waals surface area contributed by atoms with Crippen molar-refractivity contribution in [3.8, 4) is 11.1 Å². The summed E-state index contributed by atoms with van der Waals surface area (Å²) in [6, 6.07) is 11.5. The molecule has 3 rings (SSSR count). The minimum Gasteiger partial charge on any atom is -0.305 e. The highest BCUT2D eigenvalue weighted by atomic mass is 79.9. The molecule has 1 N–H and O–H groups in total. The number of pyridine rings is 2. The first-order valence-electron chi connectivity index (χ1n) is 7.19. The lowest BCUT2D eigenvalue weighted by atomic mass is 10.1. The standard InChI is InChI=1S/C18H13F2N3O.BrH/c1-11-3-2-4-17(22-11)23-18(24)16-9-12(5-6-21-16)13-7-14(19)10-15(20)8-13;/h2-10H,1H3,(H,22,23,24);1H. The van der Waals surface area contributed by atoms with Gasteiger partial charge in [0.2, 0.25) is 0 Å². The zero-order valence-electron chi connectivity index (χ0n) is 13.2. The third kappa shape index (κ3) is 4.67. The van der Waals surface area contributed by atoms with Crippen LogP contribution >= 0.6 is 17.0 Å². The van der Waals surface area contributed by atoms with E-state index in [9.17, 15) is 13.6 Å². The van der Waals surface area contributed by atoms with Crippen molar-refractivity contribution >= 4 is 28.7 Å². The molecular formula is C18H14BrF2N3O. The summed E-state index contributed by atoms with van der Waals surface area (Å²) in [7, 11) is 0. The monoisotopic (exact) mass is 405 g/mol. The highest BCUT2D eigenvalue weighted by Gasteiger charge is 2.11. The van der Waals surface area contributed by atoms with E-state index < -0.39 is 17.5 Å². The summed E-state index contributed by atoms with van der Waals surface area (Å²) in [6.45, 7) is 1.81. The first-order valence-corrected chi connectivity index (χ1v) is 7.19. The number of carbonyl (C=O) groups excluding carboxylic acids is 1. The third-order valence-electron chi connectivity index (χ3n) is 3.32. The van der Waals surface area contributed by atoms with Crippen LogP contribution in [0.3, 0.4) is 0 Å². The van der Waals surface area contributed by atoms with Gasteiger partial charge in [-0.1, -0.05) is 6.07 Å². The van der Waals surface area contributed by atoms with Crippen LogP contribution in [0, 0.1) is 18.6 Å². The fourth-order valence-corrected chi connectivity index (χ4v) is 2.25. The number of anilines is 1. The van der Waals surface area contributed by atoms with Gasteiger partial charge in [0.1, 0.15) is 23.1 Å². The van der Waals surface area contributed by atoms with Crippen LogP contribution in [0.1, 0.15) is 16.2 Å². The van der Waals surface area contributed by atoms with E-state index in [1.807, 2.05) is 13.0 Å². The lowest BCUT2D eigenvalue weighted by molar-refractivity contribution is 0.102. The Labute approximate surface area is 153 Å².